The molecule has 1 rings (SSSR count). The molecule has 110 valence electrons. The molecule has 0 aliphatic carbocycles. The zero-order valence-electron chi connectivity index (χ0n) is 12.6. The van der Waals surface area contributed by atoms with Gasteiger partial charge in [-0.25, -0.2) is 0 Å². The summed E-state index contributed by atoms with van der Waals surface area (Å²) in [6, 6.07) is 6.93. The van der Waals surface area contributed by atoms with Crippen molar-refractivity contribution in [3.63, 3.8) is 0 Å². The molecule has 0 fully saturated rings. The van der Waals surface area contributed by atoms with E-state index in [0.717, 1.165) is 5.56 Å². The van der Waals surface area contributed by atoms with Gasteiger partial charge in [0.25, 0.3) is 5.91 Å². The van der Waals surface area contributed by atoms with Gasteiger partial charge < -0.3 is 22.1 Å². The van der Waals surface area contributed by atoms with Crippen LogP contribution in [0.25, 0.3) is 5.70 Å². The first kappa shape index (κ1) is 17.6. The van der Waals surface area contributed by atoms with Crippen molar-refractivity contribution < 1.29 is 4.79 Å². The molecule has 0 saturated heterocycles. The van der Waals surface area contributed by atoms with Gasteiger partial charge in [-0.3, -0.25) is 4.79 Å². The summed E-state index contributed by atoms with van der Waals surface area (Å²) in [6.07, 6.45) is 0. The van der Waals surface area contributed by atoms with Crippen LogP contribution in [0.4, 0.5) is 0 Å². The van der Waals surface area contributed by atoms with Gasteiger partial charge in [-0.2, -0.15) is 0 Å². The number of benzene rings is 1. The smallest absolute Gasteiger partial charge is 0.251 e. The normalized spacial score (nSPS) is 10.6. The number of nitrogens with two attached hydrogens (primary N) is 2. The molecule has 5 nitrogen and oxygen atoms in total. The van der Waals surface area contributed by atoms with E-state index in [1.807, 2.05) is 13.8 Å². The molecule has 20 heavy (non-hydrogen) atoms. The maximum Gasteiger partial charge on any atom is 0.251 e. The second kappa shape index (κ2) is 8.63. The first-order chi connectivity index (χ1) is 9.51. The fraction of sp³-hybridized carbons (Fsp3) is 0.267. The second-order valence-electron chi connectivity index (χ2n) is 3.72. The Kier molecular flexibility index (Phi) is 7.58. The quantitative estimate of drug-likeness (QED) is 0.625. The standard InChI is InChI=1S/C13H18N4O.C2H6/c1-8(14)12(16-2)11(15)9-4-6-10(7-5-9)13(18)17-3;1-2/h4-7,16H,1,14-15H2,2-3H3,(H,17,18);1-2H3/b12-11-;. The molecule has 0 spiro atoms. The lowest BCUT2D eigenvalue weighted by Crippen LogP contribution is -2.19. The van der Waals surface area contributed by atoms with Crippen molar-refractivity contribution >= 4 is 11.6 Å². The summed E-state index contributed by atoms with van der Waals surface area (Å²) in [5, 5.41) is 5.45. The molecule has 1 aromatic carbocycles. The Bertz CT molecular complexity index is 489. The van der Waals surface area contributed by atoms with Gasteiger partial charge in [0.1, 0.15) is 0 Å². The summed E-state index contributed by atoms with van der Waals surface area (Å²) in [4.78, 5) is 11.4. The summed E-state index contributed by atoms with van der Waals surface area (Å²) >= 11 is 0. The van der Waals surface area contributed by atoms with Crippen LogP contribution < -0.4 is 22.1 Å². The summed E-state index contributed by atoms with van der Waals surface area (Å²) in [6.45, 7) is 7.65. The van der Waals surface area contributed by atoms with Crippen LogP contribution in [0, 0.1) is 0 Å². The summed E-state index contributed by atoms with van der Waals surface area (Å²) in [5.41, 5.74) is 14.4. The molecule has 0 unspecified atom stereocenters. The lowest BCUT2D eigenvalue weighted by Gasteiger charge is -2.11. The van der Waals surface area contributed by atoms with Crippen molar-refractivity contribution in [3.8, 4) is 0 Å². The van der Waals surface area contributed by atoms with Crippen LogP contribution in [0.3, 0.4) is 0 Å². The number of carbonyl (C=O) groups is 1. The third-order valence-electron chi connectivity index (χ3n) is 2.53. The van der Waals surface area contributed by atoms with E-state index in [0.29, 0.717) is 22.7 Å². The number of likely N-dealkylation sites (N-methyl/N-ethyl adjacent to an activating group) is 1. The Morgan fingerprint density at radius 1 is 1.00 bits per heavy atom. The van der Waals surface area contributed by atoms with E-state index in [4.69, 9.17) is 11.5 Å². The molecule has 1 aromatic rings. The molecule has 1 amide bonds. The minimum Gasteiger partial charge on any atom is -0.397 e. The highest BCUT2D eigenvalue weighted by atomic mass is 16.1. The Balaban J connectivity index is 0.00000172. The van der Waals surface area contributed by atoms with Crippen LogP contribution in [0.1, 0.15) is 29.8 Å². The minimum atomic E-state index is -0.138. The monoisotopic (exact) mass is 276 g/mol. The predicted octanol–water partition coefficient (Wildman–Crippen LogP) is 1.39. The molecule has 0 aliphatic rings. The molecular weight excluding hydrogens is 252 g/mol. The average Bonchev–Trinajstić information content (AvgIpc) is 2.48. The largest absolute Gasteiger partial charge is 0.397 e. The Morgan fingerprint density at radius 2 is 1.45 bits per heavy atom. The average molecular weight is 276 g/mol. The molecule has 0 heterocycles. The highest BCUT2D eigenvalue weighted by molar-refractivity contribution is 5.94. The van der Waals surface area contributed by atoms with Gasteiger partial charge in [0, 0.05) is 25.4 Å². The lowest BCUT2D eigenvalue weighted by molar-refractivity contribution is 0.0963. The van der Waals surface area contributed by atoms with Crippen molar-refractivity contribution in [2.75, 3.05) is 14.1 Å². The van der Waals surface area contributed by atoms with Gasteiger partial charge in [-0.1, -0.05) is 32.6 Å². The zero-order chi connectivity index (χ0) is 15.7. The third-order valence-corrected chi connectivity index (χ3v) is 2.53. The highest BCUT2D eigenvalue weighted by Crippen LogP contribution is 2.15. The van der Waals surface area contributed by atoms with Crippen LogP contribution in [0.5, 0.6) is 0 Å². The molecule has 6 N–H and O–H groups in total. The van der Waals surface area contributed by atoms with E-state index < -0.39 is 0 Å². The summed E-state index contributed by atoms with van der Waals surface area (Å²) < 4.78 is 0. The maximum atomic E-state index is 11.4. The SMILES string of the molecule is C=C(N)/C(NC)=C(/N)c1ccc(C(=O)NC)cc1.CC. The number of hydrogen-bond acceptors (Lipinski definition) is 4. The van der Waals surface area contributed by atoms with Gasteiger partial charge in [-0.05, 0) is 17.7 Å². The van der Waals surface area contributed by atoms with Crippen molar-refractivity contribution in [3.05, 3.63) is 53.4 Å². The number of carbonyl (C=O) groups excluding carboxylic acids is 1. The van der Waals surface area contributed by atoms with E-state index >= 15 is 0 Å². The minimum absolute atomic E-state index is 0.138. The van der Waals surface area contributed by atoms with Crippen molar-refractivity contribution in [1.82, 2.24) is 10.6 Å². The van der Waals surface area contributed by atoms with E-state index in [-0.39, 0.29) is 5.91 Å². The topological polar surface area (TPSA) is 93.2 Å². The fourth-order valence-corrected chi connectivity index (χ4v) is 1.56. The van der Waals surface area contributed by atoms with Crippen molar-refractivity contribution in [1.29, 1.82) is 0 Å². The van der Waals surface area contributed by atoms with E-state index in [2.05, 4.69) is 17.2 Å². The maximum absolute atomic E-state index is 11.4. The van der Waals surface area contributed by atoms with Crippen molar-refractivity contribution in [2.24, 2.45) is 11.5 Å². The number of nitrogens with one attached hydrogen (secondary N) is 2. The van der Waals surface area contributed by atoms with Crippen LogP contribution in [0.2, 0.25) is 0 Å². The van der Waals surface area contributed by atoms with E-state index in [9.17, 15) is 4.79 Å². The van der Waals surface area contributed by atoms with Gasteiger partial charge >= 0.3 is 0 Å². The van der Waals surface area contributed by atoms with E-state index in [1.54, 1.807) is 38.4 Å². The van der Waals surface area contributed by atoms with Gasteiger partial charge in [0.05, 0.1) is 11.4 Å². The molecule has 0 aliphatic heterocycles. The fourth-order valence-electron chi connectivity index (χ4n) is 1.56. The molecular formula is C15H24N4O. The second-order valence-corrected chi connectivity index (χ2v) is 3.72. The number of hydrogen-bond donors (Lipinski definition) is 4. The van der Waals surface area contributed by atoms with Gasteiger partial charge in [-0.15, -0.1) is 0 Å². The van der Waals surface area contributed by atoms with Gasteiger partial charge in [0.15, 0.2) is 0 Å². The Morgan fingerprint density at radius 3 is 1.80 bits per heavy atom. The molecule has 0 bridgehead atoms. The van der Waals surface area contributed by atoms with E-state index in [1.165, 1.54) is 0 Å². The van der Waals surface area contributed by atoms with Crippen LogP contribution in [0.15, 0.2) is 42.2 Å². The van der Waals surface area contributed by atoms with Crippen molar-refractivity contribution in [2.45, 2.75) is 13.8 Å². The summed E-state index contributed by atoms with van der Waals surface area (Å²) in [7, 11) is 3.31. The van der Waals surface area contributed by atoms with Gasteiger partial charge in [0.2, 0.25) is 0 Å². The van der Waals surface area contributed by atoms with Crippen LogP contribution in [-0.4, -0.2) is 20.0 Å². The molecule has 5 heteroatoms. The predicted molar refractivity (Wildman–Crippen MR) is 84.7 cm³/mol. The Labute approximate surface area is 120 Å². The lowest BCUT2D eigenvalue weighted by atomic mass is 10.1. The third kappa shape index (κ3) is 4.35. The zero-order valence-corrected chi connectivity index (χ0v) is 12.6. The first-order valence-electron chi connectivity index (χ1n) is 6.46. The molecule has 0 radical (unpaired) electrons. The molecule has 0 atom stereocenters. The van der Waals surface area contributed by atoms with Crippen LogP contribution in [-0.2, 0) is 0 Å². The van der Waals surface area contributed by atoms with Crippen LogP contribution >= 0.6 is 0 Å². The number of rotatable bonds is 4. The molecule has 0 aromatic heterocycles. The molecule has 0 saturated carbocycles. The highest BCUT2D eigenvalue weighted by Gasteiger charge is 2.07. The summed E-state index contributed by atoms with van der Waals surface area (Å²) in [5.74, 6) is -0.138. The Hall–Kier alpha value is -2.43. The number of amides is 1. The first-order valence-corrected chi connectivity index (χ1v) is 6.46.